The number of aromatic nitrogens is 2. The first-order chi connectivity index (χ1) is 17.5. The number of aryl methyl sites for hydroxylation is 1. The van der Waals surface area contributed by atoms with E-state index >= 15 is 0 Å². The molecule has 16 heteroatoms. The van der Waals surface area contributed by atoms with Gasteiger partial charge in [0.05, 0.1) is 17.8 Å². The Balaban J connectivity index is 0.000000391. The lowest BCUT2D eigenvalue weighted by molar-refractivity contribution is -0.190. The van der Waals surface area contributed by atoms with Crippen LogP contribution in [-0.4, -0.2) is 69.9 Å². The molecular formula is C22H22ClF6N3O6. The van der Waals surface area contributed by atoms with E-state index in [0.29, 0.717) is 6.42 Å². The number of hydrogen-bond acceptors (Lipinski definition) is 7. The second kappa shape index (κ2) is 12.5. The van der Waals surface area contributed by atoms with Gasteiger partial charge in [-0.15, -0.1) is 0 Å². The van der Waals surface area contributed by atoms with Crippen LogP contribution in [-0.2, 0) is 35.7 Å². The molecule has 2 atom stereocenters. The molecule has 0 radical (unpaired) electrons. The van der Waals surface area contributed by atoms with Gasteiger partial charge in [0.2, 0.25) is 0 Å². The molecule has 9 nitrogen and oxygen atoms in total. The average molecular weight is 574 g/mol. The van der Waals surface area contributed by atoms with Crippen LogP contribution in [0.15, 0.2) is 24.4 Å². The van der Waals surface area contributed by atoms with Crippen molar-refractivity contribution < 1.29 is 55.0 Å². The molecule has 3 rings (SSSR count). The van der Waals surface area contributed by atoms with Gasteiger partial charge in [0, 0.05) is 19.0 Å². The molecule has 1 aromatic heterocycles. The van der Waals surface area contributed by atoms with E-state index in [1.54, 1.807) is 17.9 Å². The quantitative estimate of drug-likeness (QED) is 0.237. The molecule has 1 aliphatic rings. The first kappa shape index (κ1) is 30.9. The molecule has 0 spiro atoms. The number of benzene rings is 1. The summed E-state index contributed by atoms with van der Waals surface area (Å²) in [5.41, 5.74) is 1.70. The number of rotatable bonds is 4. The van der Waals surface area contributed by atoms with Crippen molar-refractivity contribution in [2.75, 3.05) is 19.8 Å². The van der Waals surface area contributed by atoms with Crippen LogP contribution in [0.4, 0.5) is 26.3 Å². The highest BCUT2D eigenvalue weighted by Crippen LogP contribution is 2.36. The third-order valence-electron chi connectivity index (χ3n) is 5.33. The molecule has 1 aliphatic heterocycles. The van der Waals surface area contributed by atoms with Crippen LogP contribution in [0, 0.1) is 5.92 Å². The van der Waals surface area contributed by atoms with Gasteiger partial charge in [-0.05, 0) is 42.0 Å². The predicted molar refractivity (Wildman–Crippen MR) is 118 cm³/mol. The zero-order chi connectivity index (χ0) is 28.8. The zero-order valence-electron chi connectivity index (χ0n) is 19.9. The maximum absolute atomic E-state index is 12.5. The van der Waals surface area contributed by atoms with Crippen LogP contribution >= 0.6 is 11.6 Å². The highest BCUT2D eigenvalue weighted by molar-refractivity contribution is 6.80. The van der Waals surface area contributed by atoms with Crippen molar-refractivity contribution in [3.63, 3.8) is 0 Å². The molecule has 0 N–H and O–H groups in total. The molecule has 1 amide bonds. The van der Waals surface area contributed by atoms with Gasteiger partial charge in [0.25, 0.3) is 0 Å². The standard InChI is InChI=1S/C18H20F3N3O3.C4H2ClF3O3/c1-11-6-7-15(12-4-3-5-14-13(12)8-22-23(14)2)24(9-11)16(25)17(26)27-10-18(19,20)21;5-2(9)3(10)11-1-4(6,7)8/h3-5,8,11,15H,6-7,9-10H2,1-2H3;1H2/t11-,15?;/m0./s1. The summed E-state index contributed by atoms with van der Waals surface area (Å²) >= 11 is 4.48. The lowest BCUT2D eigenvalue weighted by atomic mass is 9.88. The molecule has 0 saturated carbocycles. The van der Waals surface area contributed by atoms with Gasteiger partial charge in [-0.3, -0.25) is 14.3 Å². The number of amides is 1. The minimum atomic E-state index is -4.67. The minimum absolute atomic E-state index is 0.133. The Morgan fingerprint density at radius 1 is 1.00 bits per heavy atom. The fraction of sp³-hybridized carbons (Fsp3) is 0.500. The van der Waals surface area contributed by atoms with Crippen LogP contribution in [0.3, 0.4) is 0 Å². The fourth-order valence-corrected chi connectivity index (χ4v) is 3.78. The molecule has 1 unspecified atom stereocenters. The third-order valence-corrected chi connectivity index (χ3v) is 5.49. The molecule has 2 heterocycles. The zero-order valence-corrected chi connectivity index (χ0v) is 20.7. The number of ether oxygens (including phenoxy) is 2. The number of esters is 2. The second-order valence-electron chi connectivity index (χ2n) is 8.36. The Bertz CT molecular complexity index is 1180. The lowest BCUT2D eigenvalue weighted by Gasteiger charge is -2.38. The monoisotopic (exact) mass is 573 g/mol. The first-order valence-corrected chi connectivity index (χ1v) is 11.3. The van der Waals surface area contributed by atoms with Gasteiger partial charge < -0.3 is 14.4 Å². The van der Waals surface area contributed by atoms with Crippen LogP contribution in [0.5, 0.6) is 0 Å². The summed E-state index contributed by atoms with van der Waals surface area (Å²) in [5, 5.41) is 3.50. The SMILES string of the molecule is C[C@H]1CCC(c2cccc3c2cnn3C)N(C(=O)C(=O)OCC(F)(F)F)C1.O=C(Cl)C(=O)OCC(F)(F)F. The smallest absolute Gasteiger partial charge is 0.422 e. The van der Waals surface area contributed by atoms with Crippen molar-refractivity contribution >= 4 is 45.6 Å². The number of alkyl halides is 6. The first-order valence-electron chi connectivity index (χ1n) is 10.9. The van der Waals surface area contributed by atoms with Crippen molar-refractivity contribution in [3.8, 4) is 0 Å². The number of nitrogens with zero attached hydrogens (tertiary/aromatic N) is 3. The van der Waals surface area contributed by atoms with Crippen LogP contribution in [0.1, 0.15) is 31.4 Å². The Morgan fingerprint density at radius 3 is 2.13 bits per heavy atom. The minimum Gasteiger partial charge on any atom is -0.449 e. The third kappa shape index (κ3) is 8.89. The number of likely N-dealkylation sites (tertiary alicyclic amines) is 1. The van der Waals surface area contributed by atoms with Crippen molar-refractivity contribution in [1.29, 1.82) is 0 Å². The molecule has 1 fully saturated rings. The van der Waals surface area contributed by atoms with Crippen molar-refractivity contribution in [1.82, 2.24) is 14.7 Å². The van der Waals surface area contributed by atoms with Crippen LogP contribution in [0.25, 0.3) is 10.9 Å². The molecule has 1 saturated heterocycles. The maximum atomic E-state index is 12.5. The summed E-state index contributed by atoms with van der Waals surface area (Å²) in [6.45, 7) is -1.36. The normalized spacial score (nSPS) is 17.9. The second-order valence-corrected chi connectivity index (χ2v) is 8.70. The van der Waals surface area contributed by atoms with E-state index in [0.717, 1.165) is 22.9 Å². The predicted octanol–water partition coefficient (Wildman–Crippen LogP) is 3.84. The maximum Gasteiger partial charge on any atom is 0.422 e. The van der Waals surface area contributed by atoms with E-state index in [9.17, 15) is 45.5 Å². The Hall–Kier alpha value is -3.36. The van der Waals surface area contributed by atoms with E-state index in [-0.39, 0.29) is 12.5 Å². The molecule has 1 aromatic carbocycles. The van der Waals surface area contributed by atoms with Crippen molar-refractivity contribution in [3.05, 3.63) is 30.0 Å². The average Bonchev–Trinajstić information content (AvgIpc) is 3.21. The number of halogens is 7. The van der Waals surface area contributed by atoms with E-state index in [2.05, 4.69) is 26.2 Å². The van der Waals surface area contributed by atoms with E-state index < -0.39 is 54.7 Å². The van der Waals surface area contributed by atoms with Crippen molar-refractivity contribution in [2.45, 2.75) is 38.2 Å². The van der Waals surface area contributed by atoms with Gasteiger partial charge in [-0.25, -0.2) is 9.59 Å². The summed E-state index contributed by atoms with van der Waals surface area (Å²) in [7, 11) is 1.80. The largest absolute Gasteiger partial charge is 0.449 e. The topological polar surface area (TPSA) is 108 Å². The summed E-state index contributed by atoms with van der Waals surface area (Å²) in [6.07, 6.45) is -6.18. The molecule has 2 aromatic rings. The van der Waals surface area contributed by atoms with Gasteiger partial charge in [0.1, 0.15) is 0 Å². The summed E-state index contributed by atoms with van der Waals surface area (Å²) in [6, 6.07) is 5.16. The van der Waals surface area contributed by atoms with E-state index in [4.69, 9.17) is 0 Å². The molecular weight excluding hydrogens is 552 g/mol. The summed E-state index contributed by atoms with van der Waals surface area (Å²) < 4.78 is 79.9. The van der Waals surface area contributed by atoms with E-state index in [1.807, 2.05) is 25.1 Å². The van der Waals surface area contributed by atoms with Crippen molar-refractivity contribution in [2.24, 2.45) is 13.0 Å². The lowest BCUT2D eigenvalue weighted by Crippen LogP contribution is -2.45. The van der Waals surface area contributed by atoms with Gasteiger partial charge >= 0.3 is 35.4 Å². The van der Waals surface area contributed by atoms with Gasteiger partial charge in [-0.1, -0.05) is 19.1 Å². The number of fused-ring (bicyclic) bond motifs is 1. The molecule has 0 aliphatic carbocycles. The number of hydrogen-bond donors (Lipinski definition) is 0. The molecule has 38 heavy (non-hydrogen) atoms. The fourth-order valence-electron chi connectivity index (χ4n) is 3.72. The summed E-state index contributed by atoms with van der Waals surface area (Å²) in [5.74, 6) is -4.10. The molecule has 0 bridgehead atoms. The Kier molecular flexibility index (Phi) is 10.1. The number of piperidine rings is 1. The number of carbonyl (C=O) groups is 4. The highest BCUT2D eigenvalue weighted by atomic mass is 35.5. The van der Waals surface area contributed by atoms with Gasteiger partial charge in [0.15, 0.2) is 13.2 Å². The van der Waals surface area contributed by atoms with Crippen LogP contribution < -0.4 is 0 Å². The van der Waals surface area contributed by atoms with E-state index in [1.165, 1.54) is 4.90 Å². The highest BCUT2D eigenvalue weighted by Gasteiger charge is 2.38. The van der Waals surface area contributed by atoms with Crippen LogP contribution in [0.2, 0.25) is 0 Å². The summed E-state index contributed by atoms with van der Waals surface area (Å²) in [4.78, 5) is 45.6. The Morgan fingerprint density at radius 2 is 1.58 bits per heavy atom. The molecule has 210 valence electrons. The van der Waals surface area contributed by atoms with Gasteiger partial charge in [-0.2, -0.15) is 31.4 Å². The number of carbonyl (C=O) groups excluding carboxylic acids is 4. The Labute approximate surface area is 216 Å².